The minimum absolute atomic E-state index is 0.0286. The predicted molar refractivity (Wildman–Crippen MR) is 96.6 cm³/mol. The summed E-state index contributed by atoms with van der Waals surface area (Å²) < 4.78 is 40.4. The molecule has 1 saturated heterocycles. The van der Waals surface area contributed by atoms with Crippen LogP contribution < -0.4 is 0 Å². The van der Waals surface area contributed by atoms with E-state index in [1.807, 2.05) is 13.0 Å². The van der Waals surface area contributed by atoms with E-state index in [2.05, 4.69) is 4.90 Å². The smallest absolute Gasteiger partial charge is 0.244 e. The van der Waals surface area contributed by atoms with Crippen LogP contribution in [-0.4, -0.2) is 43.8 Å². The van der Waals surface area contributed by atoms with Crippen molar-refractivity contribution in [2.24, 2.45) is 0 Å². The van der Waals surface area contributed by atoms with Crippen LogP contribution in [0.25, 0.3) is 0 Å². The molecule has 1 aliphatic rings. The highest BCUT2D eigenvalue weighted by atomic mass is 35.5. The summed E-state index contributed by atoms with van der Waals surface area (Å²) in [6.45, 7) is 3.94. The second-order valence-electron chi connectivity index (χ2n) is 6.10. The van der Waals surface area contributed by atoms with Gasteiger partial charge in [-0.3, -0.25) is 4.90 Å². The van der Waals surface area contributed by atoms with Gasteiger partial charge in [0, 0.05) is 32.2 Å². The second kappa shape index (κ2) is 7.41. The summed E-state index contributed by atoms with van der Waals surface area (Å²) >= 11 is 6.05. The van der Waals surface area contributed by atoms with Gasteiger partial charge in [0.05, 0.1) is 5.02 Å². The van der Waals surface area contributed by atoms with Crippen molar-refractivity contribution in [3.05, 3.63) is 64.9 Å². The second-order valence-corrected chi connectivity index (χ2v) is 8.42. The fraction of sp³-hybridized carbons (Fsp3) is 0.333. The molecular weight excluding hydrogens is 363 g/mol. The van der Waals surface area contributed by atoms with Gasteiger partial charge in [-0.15, -0.1) is 0 Å². The largest absolute Gasteiger partial charge is 0.294 e. The summed E-state index contributed by atoms with van der Waals surface area (Å²) in [7, 11) is -3.60. The minimum Gasteiger partial charge on any atom is -0.294 e. The first-order valence-corrected chi connectivity index (χ1v) is 9.95. The summed E-state index contributed by atoms with van der Waals surface area (Å²) in [4.78, 5) is 2.30. The molecule has 3 rings (SSSR count). The molecule has 2 aromatic rings. The molecule has 1 atom stereocenters. The number of halogens is 2. The summed E-state index contributed by atoms with van der Waals surface area (Å²) in [6, 6.07) is 13.0. The quantitative estimate of drug-likeness (QED) is 0.812. The van der Waals surface area contributed by atoms with Gasteiger partial charge < -0.3 is 0 Å². The van der Waals surface area contributed by atoms with Crippen LogP contribution in [0, 0.1) is 5.82 Å². The van der Waals surface area contributed by atoms with Crippen molar-refractivity contribution in [2.75, 3.05) is 26.2 Å². The average Bonchev–Trinajstić information content (AvgIpc) is 2.61. The van der Waals surface area contributed by atoms with Crippen LogP contribution in [0.1, 0.15) is 18.5 Å². The van der Waals surface area contributed by atoms with Crippen LogP contribution >= 0.6 is 11.6 Å². The maximum Gasteiger partial charge on any atom is 0.244 e. The van der Waals surface area contributed by atoms with Crippen molar-refractivity contribution >= 4 is 21.6 Å². The van der Waals surface area contributed by atoms with Crippen LogP contribution in [0.3, 0.4) is 0 Å². The maximum atomic E-state index is 13.4. The number of hydrogen-bond donors (Lipinski definition) is 0. The molecule has 0 amide bonds. The van der Waals surface area contributed by atoms with E-state index in [0.29, 0.717) is 26.2 Å². The molecule has 0 saturated carbocycles. The molecule has 2 aromatic carbocycles. The van der Waals surface area contributed by atoms with Crippen LogP contribution in [0.2, 0.25) is 5.02 Å². The summed E-state index contributed by atoms with van der Waals surface area (Å²) in [5.74, 6) is -0.260. The van der Waals surface area contributed by atoms with E-state index < -0.39 is 10.0 Å². The van der Waals surface area contributed by atoms with Crippen LogP contribution in [0.4, 0.5) is 4.39 Å². The lowest BCUT2D eigenvalue weighted by atomic mass is 10.1. The molecule has 4 nitrogen and oxygen atoms in total. The lowest BCUT2D eigenvalue weighted by molar-refractivity contribution is 0.145. The van der Waals surface area contributed by atoms with E-state index in [1.54, 1.807) is 24.3 Å². The molecular formula is C18H20ClFN2O2S. The van der Waals surface area contributed by atoms with Crippen molar-refractivity contribution in [1.29, 1.82) is 0 Å². The summed E-state index contributed by atoms with van der Waals surface area (Å²) in [5.41, 5.74) is 0.891. The number of piperazine rings is 1. The molecule has 25 heavy (non-hydrogen) atoms. The highest BCUT2D eigenvalue weighted by Gasteiger charge is 2.31. The Bertz CT molecular complexity index is 852. The number of rotatable bonds is 4. The molecule has 7 heteroatoms. The van der Waals surface area contributed by atoms with Gasteiger partial charge in [0.2, 0.25) is 10.0 Å². The fourth-order valence-corrected chi connectivity index (χ4v) is 5.02. The van der Waals surface area contributed by atoms with Gasteiger partial charge in [0.25, 0.3) is 0 Å². The fourth-order valence-electron chi connectivity index (χ4n) is 3.10. The van der Waals surface area contributed by atoms with Gasteiger partial charge in [0.15, 0.2) is 0 Å². The molecule has 1 unspecified atom stereocenters. The topological polar surface area (TPSA) is 40.6 Å². The Labute approximate surface area is 152 Å². The van der Waals surface area contributed by atoms with Gasteiger partial charge in [0.1, 0.15) is 10.7 Å². The van der Waals surface area contributed by atoms with Gasteiger partial charge in [-0.1, -0.05) is 35.9 Å². The number of sulfonamides is 1. The molecule has 0 aliphatic carbocycles. The van der Waals surface area contributed by atoms with Crippen molar-refractivity contribution in [3.8, 4) is 0 Å². The standard InChI is InChI=1S/C18H20ClFN2O2S/c1-14(15-5-4-6-16(20)13-15)21-9-11-22(12-10-21)25(23,24)18-8-3-2-7-17(18)19/h2-8,13-14H,9-12H2,1H3. The summed E-state index contributed by atoms with van der Waals surface area (Å²) in [5, 5.41) is 0.234. The third-order valence-corrected chi connectivity index (χ3v) is 7.00. The van der Waals surface area contributed by atoms with E-state index >= 15 is 0 Å². The zero-order valence-electron chi connectivity index (χ0n) is 13.9. The predicted octanol–water partition coefficient (Wildman–Crippen LogP) is 3.55. The molecule has 0 radical (unpaired) electrons. The summed E-state index contributed by atoms with van der Waals surface area (Å²) in [6.07, 6.45) is 0. The molecule has 1 fully saturated rings. The van der Waals surface area contributed by atoms with E-state index in [9.17, 15) is 12.8 Å². The van der Waals surface area contributed by atoms with Crippen LogP contribution in [0.5, 0.6) is 0 Å². The first-order chi connectivity index (χ1) is 11.9. The Hall–Kier alpha value is -1.47. The highest BCUT2D eigenvalue weighted by Crippen LogP contribution is 2.27. The third kappa shape index (κ3) is 3.87. The Morgan fingerprint density at radius 3 is 2.36 bits per heavy atom. The van der Waals surface area contributed by atoms with Crippen molar-refractivity contribution in [3.63, 3.8) is 0 Å². The molecule has 1 heterocycles. The Balaban J connectivity index is 1.70. The Morgan fingerprint density at radius 1 is 1.04 bits per heavy atom. The van der Waals surface area contributed by atoms with Crippen LogP contribution in [-0.2, 0) is 10.0 Å². The molecule has 0 bridgehead atoms. The minimum atomic E-state index is -3.60. The van der Waals surface area contributed by atoms with Gasteiger partial charge >= 0.3 is 0 Å². The van der Waals surface area contributed by atoms with E-state index in [0.717, 1.165) is 5.56 Å². The van der Waals surface area contributed by atoms with Crippen molar-refractivity contribution < 1.29 is 12.8 Å². The normalized spacial score (nSPS) is 18.2. The Kier molecular flexibility index (Phi) is 5.43. The lowest BCUT2D eigenvalue weighted by Crippen LogP contribution is -2.49. The zero-order valence-corrected chi connectivity index (χ0v) is 15.5. The van der Waals surface area contributed by atoms with Crippen molar-refractivity contribution in [2.45, 2.75) is 17.9 Å². The maximum absolute atomic E-state index is 13.4. The first kappa shape index (κ1) is 18.3. The van der Waals surface area contributed by atoms with E-state index in [4.69, 9.17) is 11.6 Å². The Morgan fingerprint density at radius 2 is 1.72 bits per heavy atom. The van der Waals surface area contributed by atoms with Crippen molar-refractivity contribution in [1.82, 2.24) is 9.21 Å². The van der Waals surface area contributed by atoms with Gasteiger partial charge in [-0.05, 0) is 36.8 Å². The van der Waals surface area contributed by atoms with E-state index in [1.165, 1.54) is 22.5 Å². The van der Waals surface area contributed by atoms with Gasteiger partial charge in [-0.2, -0.15) is 4.31 Å². The molecule has 0 spiro atoms. The first-order valence-electron chi connectivity index (χ1n) is 8.14. The van der Waals surface area contributed by atoms with Gasteiger partial charge in [-0.25, -0.2) is 12.8 Å². The molecule has 0 aromatic heterocycles. The van der Waals surface area contributed by atoms with E-state index in [-0.39, 0.29) is 21.8 Å². The zero-order chi connectivity index (χ0) is 18.0. The lowest BCUT2D eigenvalue weighted by Gasteiger charge is -2.37. The molecule has 134 valence electrons. The highest BCUT2D eigenvalue weighted by molar-refractivity contribution is 7.89. The molecule has 0 N–H and O–H groups in total. The molecule has 1 aliphatic heterocycles. The average molecular weight is 383 g/mol. The number of benzene rings is 2. The number of nitrogens with zero attached hydrogens (tertiary/aromatic N) is 2. The van der Waals surface area contributed by atoms with Crippen LogP contribution in [0.15, 0.2) is 53.4 Å². The SMILES string of the molecule is CC(c1cccc(F)c1)N1CCN(S(=O)(=O)c2ccccc2Cl)CC1. The third-order valence-electron chi connectivity index (χ3n) is 4.61. The number of hydrogen-bond acceptors (Lipinski definition) is 3. The monoisotopic (exact) mass is 382 g/mol.